The molecule has 3 aromatic carbocycles. The van der Waals surface area contributed by atoms with Gasteiger partial charge >= 0.3 is 0 Å². The molecule has 2 heterocycles. The van der Waals surface area contributed by atoms with E-state index in [1.54, 1.807) is 0 Å². The summed E-state index contributed by atoms with van der Waals surface area (Å²) in [6.07, 6.45) is 2.67. The summed E-state index contributed by atoms with van der Waals surface area (Å²) in [5.41, 5.74) is 4.97. The van der Waals surface area contributed by atoms with Crippen molar-refractivity contribution in [2.75, 3.05) is 0 Å². The Hall–Kier alpha value is -3.03. The number of aromatic nitrogens is 3. The number of hydrogen-bond donors (Lipinski definition) is 0. The Bertz CT molecular complexity index is 1670. The van der Waals surface area contributed by atoms with Crippen LogP contribution >= 0.6 is 31.9 Å². The van der Waals surface area contributed by atoms with E-state index in [-0.39, 0.29) is 11.5 Å². The fraction of sp³-hybridized carbons (Fsp3) is 0.207. The van der Waals surface area contributed by atoms with Crippen LogP contribution in [-0.2, 0) is 6.54 Å². The fourth-order valence-corrected chi connectivity index (χ4v) is 5.12. The normalized spacial score (nSPS) is 12.7. The molecular formula is C29H26Br2N4O. The lowest BCUT2D eigenvalue weighted by Gasteiger charge is -2.14. The van der Waals surface area contributed by atoms with Crippen LogP contribution in [0.25, 0.3) is 21.8 Å². The van der Waals surface area contributed by atoms with Gasteiger partial charge in [0.15, 0.2) is 0 Å². The third kappa shape index (κ3) is 4.58. The quantitative estimate of drug-likeness (QED) is 0.187. The van der Waals surface area contributed by atoms with Crippen LogP contribution in [0.15, 0.2) is 85.6 Å². The van der Waals surface area contributed by atoms with E-state index < -0.39 is 0 Å². The predicted molar refractivity (Wildman–Crippen MR) is 155 cm³/mol. The summed E-state index contributed by atoms with van der Waals surface area (Å²) in [6, 6.07) is 22.3. The van der Waals surface area contributed by atoms with Gasteiger partial charge < -0.3 is 4.57 Å². The number of fused-ring (bicyclic) bond motifs is 2. The molecule has 1 atom stereocenters. The molecule has 0 aliphatic rings. The van der Waals surface area contributed by atoms with Crippen molar-refractivity contribution < 1.29 is 0 Å². The molecular weight excluding hydrogens is 580 g/mol. The minimum atomic E-state index is -0.163. The maximum Gasteiger partial charge on any atom is 0.282 e. The highest BCUT2D eigenvalue weighted by atomic mass is 79.9. The fourth-order valence-electron chi connectivity index (χ4n) is 4.49. The Balaban J connectivity index is 1.66. The number of benzene rings is 3. The van der Waals surface area contributed by atoms with Crippen LogP contribution in [0.5, 0.6) is 0 Å². The second-order valence-electron chi connectivity index (χ2n) is 9.03. The molecule has 2 aromatic heterocycles. The molecule has 0 radical (unpaired) electrons. The molecule has 182 valence electrons. The van der Waals surface area contributed by atoms with Crippen LogP contribution in [0.3, 0.4) is 0 Å². The minimum absolute atomic E-state index is 0.0859. The highest BCUT2D eigenvalue weighted by Crippen LogP contribution is 2.27. The lowest BCUT2D eigenvalue weighted by molar-refractivity contribution is 0.613. The monoisotopic (exact) mass is 604 g/mol. The number of hydrogen-bond acceptors (Lipinski definition) is 3. The third-order valence-electron chi connectivity index (χ3n) is 6.72. The van der Waals surface area contributed by atoms with Gasteiger partial charge in [0.1, 0.15) is 5.82 Å². The van der Waals surface area contributed by atoms with E-state index >= 15 is 0 Å². The van der Waals surface area contributed by atoms with Gasteiger partial charge in [0, 0.05) is 43.6 Å². The van der Waals surface area contributed by atoms with Crippen molar-refractivity contribution in [3.63, 3.8) is 0 Å². The summed E-state index contributed by atoms with van der Waals surface area (Å²) >= 11 is 7.00. The summed E-state index contributed by atoms with van der Waals surface area (Å²) in [5.74, 6) is 0.757. The SMILES string of the molecule is CC[C@H](C)c1nc2ccc(Br)cc2c(=O)n1N=Cc1c(C)n(Cc2ccc(Br)cc2)c2ccccc12. The van der Waals surface area contributed by atoms with E-state index in [0.29, 0.717) is 16.7 Å². The van der Waals surface area contributed by atoms with E-state index in [2.05, 4.69) is 99.7 Å². The van der Waals surface area contributed by atoms with E-state index in [1.165, 1.54) is 10.2 Å². The summed E-state index contributed by atoms with van der Waals surface area (Å²) < 4.78 is 5.68. The molecule has 7 heteroatoms. The number of para-hydroxylation sites is 1. The highest BCUT2D eigenvalue weighted by molar-refractivity contribution is 9.10. The first-order valence-corrected chi connectivity index (χ1v) is 13.5. The average Bonchev–Trinajstić information content (AvgIpc) is 3.15. The van der Waals surface area contributed by atoms with Crippen LogP contribution < -0.4 is 5.56 Å². The third-order valence-corrected chi connectivity index (χ3v) is 7.74. The molecule has 0 unspecified atom stereocenters. The first-order chi connectivity index (χ1) is 17.4. The van der Waals surface area contributed by atoms with Gasteiger partial charge in [-0.3, -0.25) is 4.79 Å². The van der Waals surface area contributed by atoms with Crippen LogP contribution in [0.4, 0.5) is 0 Å². The number of rotatable bonds is 6. The molecule has 5 nitrogen and oxygen atoms in total. The second-order valence-corrected chi connectivity index (χ2v) is 10.9. The Labute approximate surface area is 226 Å². The first kappa shape index (κ1) is 24.7. The van der Waals surface area contributed by atoms with Crippen molar-refractivity contribution in [2.24, 2.45) is 5.10 Å². The predicted octanol–water partition coefficient (Wildman–Crippen LogP) is 7.63. The Morgan fingerprint density at radius 3 is 2.47 bits per heavy atom. The van der Waals surface area contributed by atoms with Crippen molar-refractivity contribution in [1.82, 2.24) is 14.2 Å². The molecule has 0 spiro atoms. The van der Waals surface area contributed by atoms with E-state index in [0.717, 1.165) is 44.1 Å². The topological polar surface area (TPSA) is 52.2 Å². The van der Waals surface area contributed by atoms with Gasteiger partial charge in [-0.15, -0.1) is 0 Å². The average molecular weight is 606 g/mol. The van der Waals surface area contributed by atoms with Crippen molar-refractivity contribution in [3.05, 3.63) is 109 Å². The summed E-state index contributed by atoms with van der Waals surface area (Å²) in [5, 5.41) is 6.40. The largest absolute Gasteiger partial charge is 0.340 e. The van der Waals surface area contributed by atoms with Crippen molar-refractivity contribution in [1.29, 1.82) is 0 Å². The maximum absolute atomic E-state index is 13.5. The summed E-state index contributed by atoms with van der Waals surface area (Å²) in [4.78, 5) is 18.4. The van der Waals surface area contributed by atoms with Gasteiger partial charge in [-0.05, 0) is 55.3 Å². The van der Waals surface area contributed by atoms with Crippen molar-refractivity contribution in [3.8, 4) is 0 Å². The highest BCUT2D eigenvalue weighted by Gasteiger charge is 2.17. The molecule has 36 heavy (non-hydrogen) atoms. The Morgan fingerprint density at radius 1 is 1.00 bits per heavy atom. The zero-order chi connectivity index (χ0) is 25.4. The van der Waals surface area contributed by atoms with Gasteiger partial charge in [-0.25, -0.2) is 4.98 Å². The zero-order valence-corrected chi connectivity index (χ0v) is 23.5. The van der Waals surface area contributed by atoms with Gasteiger partial charge in [0.25, 0.3) is 5.56 Å². The van der Waals surface area contributed by atoms with Crippen molar-refractivity contribution >= 4 is 59.9 Å². The molecule has 0 aliphatic heterocycles. The van der Waals surface area contributed by atoms with Gasteiger partial charge in [0.2, 0.25) is 0 Å². The molecule has 0 fully saturated rings. The van der Waals surface area contributed by atoms with Gasteiger partial charge in [-0.1, -0.05) is 76.0 Å². The minimum Gasteiger partial charge on any atom is -0.340 e. The van der Waals surface area contributed by atoms with E-state index in [9.17, 15) is 4.79 Å². The standard InChI is InChI=1S/C29H26Br2N4O/c1-4-18(2)28-33-26-14-13-22(31)15-24(26)29(36)35(28)32-16-25-19(3)34(27-8-6-5-7-23(25)27)17-20-9-11-21(30)12-10-20/h5-16,18H,4,17H2,1-3H3/t18-/m0/s1. The van der Waals surface area contributed by atoms with Crippen LogP contribution in [0.2, 0.25) is 0 Å². The molecule has 0 saturated heterocycles. The molecule has 0 N–H and O–H groups in total. The molecule has 0 aliphatic carbocycles. The van der Waals surface area contributed by atoms with E-state index in [4.69, 9.17) is 10.1 Å². The molecule has 0 bridgehead atoms. The zero-order valence-electron chi connectivity index (χ0n) is 20.4. The van der Waals surface area contributed by atoms with Gasteiger partial charge in [-0.2, -0.15) is 9.78 Å². The summed E-state index contributed by atoms with van der Waals surface area (Å²) in [6.45, 7) is 7.02. The van der Waals surface area contributed by atoms with Gasteiger partial charge in [0.05, 0.1) is 17.1 Å². The number of halogens is 2. The smallest absolute Gasteiger partial charge is 0.282 e. The van der Waals surface area contributed by atoms with Crippen molar-refractivity contribution in [2.45, 2.75) is 39.7 Å². The Kier molecular flexibility index (Phi) is 6.95. The number of nitrogens with zero attached hydrogens (tertiary/aromatic N) is 4. The molecule has 5 rings (SSSR count). The Morgan fingerprint density at radius 2 is 1.72 bits per heavy atom. The van der Waals surface area contributed by atoms with Crippen LogP contribution in [-0.4, -0.2) is 20.4 Å². The first-order valence-electron chi connectivity index (χ1n) is 12.0. The van der Waals surface area contributed by atoms with Crippen LogP contribution in [0.1, 0.15) is 48.8 Å². The van der Waals surface area contributed by atoms with E-state index in [1.807, 2.05) is 30.5 Å². The molecule has 0 saturated carbocycles. The lowest BCUT2D eigenvalue weighted by atomic mass is 10.1. The molecule has 5 aromatic rings. The van der Waals surface area contributed by atoms with Crippen LogP contribution in [0, 0.1) is 6.92 Å². The summed E-state index contributed by atoms with van der Waals surface area (Å²) in [7, 11) is 0. The second kappa shape index (κ2) is 10.1. The lowest BCUT2D eigenvalue weighted by Crippen LogP contribution is -2.23. The maximum atomic E-state index is 13.5. The molecule has 0 amide bonds.